The van der Waals surface area contributed by atoms with Gasteiger partial charge in [-0.05, 0) is 12.8 Å². The minimum absolute atomic E-state index is 0.209. The summed E-state index contributed by atoms with van der Waals surface area (Å²) in [6.45, 7) is 6.19. The highest BCUT2D eigenvalue weighted by Crippen LogP contribution is 2.05. The van der Waals surface area contributed by atoms with Crippen LogP contribution in [0.3, 0.4) is 0 Å². The Labute approximate surface area is 118 Å². The number of rotatable bonds is 6. The first-order valence-corrected chi connectivity index (χ1v) is 6.53. The van der Waals surface area contributed by atoms with Crippen molar-refractivity contribution in [3.63, 3.8) is 0 Å². The van der Waals surface area contributed by atoms with Crippen LogP contribution >= 0.6 is 0 Å². The number of aromatic nitrogens is 2. The van der Waals surface area contributed by atoms with Gasteiger partial charge in [0.05, 0.1) is 5.69 Å². The second-order valence-electron chi connectivity index (χ2n) is 5.24. The van der Waals surface area contributed by atoms with Crippen LogP contribution in [0.2, 0.25) is 0 Å². The molecule has 7 nitrogen and oxygen atoms in total. The monoisotopic (exact) mass is 282 g/mol. The van der Waals surface area contributed by atoms with Crippen LogP contribution in [-0.2, 0) is 18.4 Å². The topological polar surface area (TPSA) is 87.5 Å². The molecule has 112 valence electrons. The lowest BCUT2D eigenvalue weighted by Crippen LogP contribution is -2.44. The molecule has 0 radical (unpaired) electrons. The number of nitrogens with one attached hydrogen (secondary N) is 1. The smallest absolute Gasteiger partial charge is 0.323 e. The quantitative estimate of drug-likeness (QED) is 0.814. The lowest BCUT2D eigenvalue weighted by molar-refractivity contribution is -0.137. The first-order valence-electron chi connectivity index (χ1n) is 6.53. The second-order valence-corrected chi connectivity index (χ2v) is 5.24. The minimum Gasteiger partial charge on any atom is -0.480 e. The molecule has 0 aliphatic heterocycles. The molecule has 2 amide bonds. The van der Waals surface area contributed by atoms with Crippen LogP contribution in [0.25, 0.3) is 0 Å². The van der Waals surface area contributed by atoms with Gasteiger partial charge in [-0.15, -0.1) is 0 Å². The van der Waals surface area contributed by atoms with Gasteiger partial charge in [-0.3, -0.25) is 9.48 Å². The Hall–Kier alpha value is -2.05. The van der Waals surface area contributed by atoms with Crippen molar-refractivity contribution in [2.75, 3.05) is 13.1 Å². The highest BCUT2D eigenvalue weighted by molar-refractivity contribution is 5.80. The SMILES string of the molecule is Cc1nn(C)cc1CNC(=O)N(CC(=O)O)CC(C)C. The summed E-state index contributed by atoms with van der Waals surface area (Å²) in [5, 5.41) is 15.8. The van der Waals surface area contributed by atoms with Crippen molar-refractivity contribution >= 4 is 12.0 Å². The fourth-order valence-corrected chi connectivity index (χ4v) is 1.93. The third-order valence-electron chi connectivity index (χ3n) is 2.74. The highest BCUT2D eigenvalue weighted by Gasteiger charge is 2.18. The van der Waals surface area contributed by atoms with E-state index in [1.165, 1.54) is 4.90 Å². The van der Waals surface area contributed by atoms with Crippen LogP contribution in [0.5, 0.6) is 0 Å². The van der Waals surface area contributed by atoms with Crippen molar-refractivity contribution < 1.29 is 14.7 Å². The molecule has 1 heterocycles. The van der Waals surface area contributed by atoms with Crippen LogP contribution in [0.15, 0.2) is 6.20 Å². The highest BCUT2D eigenvalue weighted by atomic mass is 16.4. The van der Waals surface area contributed by atoms with Gasteiger partial charge in [0.25, 0.3) is 0 Å². The molecule has 0 atom stereocenters. The summed E-state index contributed by atoms with van der Waals surface area (Å²) in [5.41, 5.74) is 1.77. The number of nitrogens with zero attached hydrogens (tertiary/aromatic N) is 3. The van der Waals surface area contributed by atoms with E-state index in [-0.39, 0.29) is 18.5 Å². The molecule has 0 saturated carbocycles. The van der Waals surface area contributed by atoms with Gasteiger partial charge in [0, 0.05) is 31.9 Å². The van der Waals surface area contributed by atoms with E-state index in [9.17, 15) is 9.59 Å². The summed E-state index contributed by atoms with van der Waals surface area (Å²) in [4.78, 5) is 24.1. The van der Waals surface area contributed by atoms with Gasteiger partial charge in [0.15, 0.2) is 0 Å². The Kier molecular flexibility index (Phi) is 5.54. The number of aryl methyl sites for hydroxylation is 2. The number of amides is 2. The Morgan fingerprint density at radius 2 is 2.15 bits per heavy atom. The zero-order chi connectivity index (χ0) is 15.3. The molecule has 0 bridgehead atoms. The van der Waals surface area contributed by atoms with E-state index in [1.54, 1.807) is 4.68 Å². The molecule has 2 N–H and O–H groups in total. The third-order valence-corrected chi connectivity index (χ3v) is 2.74. The number of carboxylic acid groups (broad SMARTS) is 1. The molecular weight excluding hydrogens is 260 g/mol. The van der Waals surface area contributed by atoms with Crippen molar-refractivity contribution in [1.29, 1.82) is 0 Å². The summed E-state index contributed by atoms with van der Waals surface area (Å²) in [6, 6.07) is -0.371. The average molecular weight is 282 g/mol. The molecule has 0 aromatic carbocycles. The zero-order valence-corrected chi connectivity index (χ0v) is 12.4. The molecule has 0 unspecified atom stereocenters. The predicted molar refractivity (Wildman–Crippen MR) is 74.2 cm³/mol. The fourth-order valence-electron chi connectivity index (χ4n) is 1.93. The Morgan fingerprint density at radius 1 is 1.50 bits per heavy atom. The molecule has 0 saturated heterocycles. The summed E-state index contributed by atoms with van der Waals surface area (Å²) in [7, 11) is 1.81. The Balaban J connectivity index is 2.61. The maximum atomic E-state index is 12.0. The van der Waals surface area contributed by atoms with Gasteiger partial charge in [0.1, 0.15) is 6.54 Å². The molecule has 0 aliphatic rings. The molecule has 7 heteroatoms. The minimum atomic E-state index is -1.02. The number of hydrogen-bond acceptors (Lipinski definition) is 3. The van der Waals surface area contributed by atoms with Crippen LogP contribution in [0.4, 0.5) is 4.79 Å². The van der Waals surface area contributed by atoms with E-state index in [2.05, 4.69) is 10.4 Å². The van der Waals surface area contributed by atoms with Crippen LogP contribution in [-0.4, -0.2) is 44.9 Å². The maximum absolute atomic E-state index is 12.0. The van der Waals surface area contributed by atoms with Crippen LogP contribution < -0.4 is 5.32 Å². The summed E-state index contributed by atoms with van der Waals surface area (Å²) in [6.07, 6.45) is 1.83. The van der Waals surface area contributed by atoms with Crippen molar-refractivity contribution in [1.82, 2.24) is 20.0 Å². The number of aliphatic carboxylic acids is 1. The largest absolute Gasteiger partial charge is 0.480 e. The maximum Gasteiger partial charge on any atom is 0.323 e. The first kappa shape index (κ1) is 16.0. The summed E-state index contributed by atoms with van der Waals surface area (Å²) >= 11 is 0. The van der Waals surface area contributed by atoms with Gasteiger partial charge in [-0.25, -0.2) is 4.79 Å². The van der Waals surface area contributed by atoms with Crippen LogP contribution in [0, 0.1) is 12.8 Å². The Bertz CT molecular complexity index is 482. The number of hydrogen-bond donors (Lipinski definition) is 2. The Morgan fingerprint density at radius 3 is 2.60 bits per heavy atom. The molecule has 0 fully saturated rings. The zero-order valence-electron chi connectivity index (χ0n) is 12.4. The van der Waals surface area contributed by atoms with Crippen molar-refractivity contribution in [3.05, 3.63) is 17.5 Å². The van der Waals surface area contributed by atoms with E-state index in [1.807, 2.05) is 34.0 Å². The number of carbonyl (C=O) groups is 2. The third kappa shape index (κ3) is 4.91. The van der Waals surface area contributed by atoms with Crippen molar-refractivity contribution in [2.24, 2.45) is 13.0 Å². The lowest BCUT2D eigenvalue weighted by Gasteiger charge is -2.23. The fraction of sp³-hybridized carbons (Fsp3) is 0.615. The molecule has 1 aromatic rings. The van der Waals surface area contributed by atoms with Gasteiger partial charge in [-0.1, -0.05) is 13.8 Å². The lowest BCUT2D eigenvalue weighted by atomic mass is 10.2. The first-order chi connectivity index (χ1) is 9.29. The number of urea groups is 1. The van der Waals surface area contributed by atoms with E-state index in [0.29, 0.717) is 13.1 Å². The van der Waals surface area contributed by atoms with E-state index < -0.39 is 5.97 Å². The average Bonchev–Trinajstić information content (AvgIpc) is 2.62. The second kappa shape index (κ2) is 6.93. The van der Waals surface area contributed by atoms with Gasteiger partial charge in [-0.2, -0.15) is 5.10 Å². The molecule has 20 heavy (non-hydrogen) atoms. The number of carbonyl (C=O) groups excluding carboxylic acids is 1. The van der Waals surface area contributed by atoms with E-state index in [0.717, 1.165) is 11.3 Å². The summed E-state index contributed by atoms with van der Waals surface area (Å²) < 4.78 is 1.68. The molecule has 1 aromatic heterocycles. The van der Waals surface area contributed by atoms with Crippen molar-refractivity contribution in [2.45, 2.75) is 27.3 Å². The standard InChI is InChI=1S/C13H22N4O3/c1-9(2)6-17(8-12(18)19)13(20)14-5-11-7-16(4)15-10(11)3/h7,9H,5-6,8H2,1-4H3,(H,14,20)(H,18,19). The van der Waals surface area contributed by atoms with Gasteiger partial charge in [0.2, 0.25) is 0 Å². The van der Waals surface area contributed by atoms with Crippen molar-refractivity contribution in [3.8, 4) is 0 Å². The van der Waals surface area contributed by atoms with E-state index >= 15 is 0 Å². The molecule has 1 rings (SSSR count). The summed E-state index contributed by atoms with van der Waals surface area (Å²) in [5.74, 6) is -0.807. The van der Waals surface area contributed by atoms with E-state index in [4.69, 9.17) is 5.11 Å². The van der Waals surface area contributed by atoms with Gasteiger partial charge >= 0.3 is 12.0 Å². The molecule has 0 spiro atoms. The molecular formula is C13H22N4O3. The van der Waals surface area contributed by atoms with Gasteiger partial charge < -0.3 is 15.3 Å². The molecule has 0 aliphatic carbocycles. The normalized spacial score (nSPS) is 10.7. The van der Waals surface area contributed by atoms with Crippen LogP contribution in [0.1, 0.15) is 25.1 Å². The number of carboxylic acids is 1. The predicted octanol–water partition coefficient (Wildman–Crippen LogP) is 0.981.